The predicted octanol–water partition coefficient (Wildman–Crippen LogP) is 3.47. The third kappa shape index (κ3) is 3.03. The lowest BCUT2D eigenvalue weighted by Gasteiger charge is -2.31. The van der Waals surface area contributed by atoms with Gasteiger partial charge in [-0.15, -0.1) is 11.3 Å². The van der Waals surface area contributed by atoms with Crippen molar-refractivity contribution in [3.63, 3.8) is 0 Å². The highest BCUT2D eigenvalue weighted by Gasteiger charge is 2.45. The van der Waals surface area contributed by atoms with E-state index in [2.05, 4.69) is 4.98 Å². The zero-order valence-electron chi connectivity index (χ0n) is 13.2. The van der Waals surface area contributed by atoms with Gasteiger partial charge in [0.2, 0.25) is 5.91 Å². The lowest BCUT2D eigenvalue weighted by Crippen LogP contribution is -2.51. The van der Waals surface area contributed by atoms with Crippen molar-refractivity contribution in [2.24, 2.45) is 0 Å². The molecular weight excluding hydrogens is 348 g/mol. The van der Waals surface area contributed by atoms with Gasteiger partial charge in [0, 0.05) is 17.5 Å². The maximum absolute atomic E-state index is 12.5. The second kappa shape index (κ2) is 6.53. The molecule has 1 aromatic heterocycles. The minimum absolute atomic E-state index is 0.101. The molecule has 2 aromatic rings. The number of aliphatic carboxylic acids is 1. The fourth-order valence-electron chi connectivity index (χ4n) is 2.98. The Kier molecular flexibility index (Phi) is 4.60. The molecule has 1 aliphatic heterocycles. The van der Waals surface area contributed by atoms with Crippen LogP contribution < -0.4 is 0 Å². The number of carboxylic acid groups (broad SMARTS) is 1. The summed E-state index contributed by atoms with van der Waals surface area (Å²) in [4.78, 5) is 30.0. The first-order chi connectivity index (χ1) is 11.4. The molecule has 126 valence electrons. The number of aromatic nitrogens is 1. The summed E-state index contributed by atoms with van der Waals surface area (Å²) in [6.07, 6.45) is 1.29. The van der Waals surface area contributed by atoms with Gasteiger partial charge in [-0.3, -0.25) is 4.79 Å². The average molecular weight is 365 g/mol. The van der Waals surface area contributed by atoms with Crippen molar-refractivity contribution in [1.29, 1.82) is 0 Å². The SMILES string of the molecule is CC1(C(=O)O)CCCN1C(=O)Cc1csc(-c2ccccc2Cl)n1. The third-order valence-electron chi connectivity index (χ3n) is 4.39. The van der Waals surface area contributed by atoms with Crippen LogP contribution in [-0.2, 0) is 16.0 Å². The molecule has 7 heteroatoms. The van der Waals surface area contributed by atoms with Crippen LogP contribution >= 0.6 is 22.9 Å². The highest BCUT2D eigenvalue weighted by Crippen LogP contribution is 2.32. The second-order valence-corrected chi connectivity index (χ2v) is 7.29. The van der Waals surface area contributed by atoms with Crippen molar-refractivity contribution in [3.8, 4) is 10.6 Å². The Labute approximate surface area is 148 Å². The maximum atomic E-state index is 12.5. The zero-order chi connectivity index (χ0) is 17.3. The minimum atomic E-state index is -1.11. The molecule has 0 bridgehead atoms. The van der Waals surface area contributed by atoms with Crippen LogP contribution in [0.1, 0.15) is 25.5 Å². The third-order valence-corrected chi connectivity index (χ3v) is 5.65. The van der Waals surface area contributed by atoms with Gasteiger partial charge in [0.25, 0.3) is 0 Å². The van der Waals surface area contributed by atoms with Crippen molar-refractivity contribution in [1.82, 2.24) is 9.88 Å². The minimum Gasteiger partial charge on any atom is -0.480 e. The smallest absolute Gasteiger partial charge is 0.329 e. The van der Waals surface area contributed by atoms with E-state index in [4.69, 9.17) is 11.6 Å². The van der Waals surface area contributed by atoms with Crippen molar-refractivity contribution in [3.05, 3.63) is 40.4 Å². The molecule has 1 saturated heterocycles. The first-order valence-corrected chi connectivity index (χ1v) is 8.91. The van der Waals surface area contributed by atoms with Crippen molar-refractivity contribution in [2.45, 2.75) is 31.7 Å². The van der Waals surface area contributed by atoms with E-state index in [0.29, 0.717) is 30.1 Å². The Balaban J connectivity index is 1.77. The number of likely N-dealkylation sites (tertiary alicyclic amines) is 1. The van der Waals surface area contributed by atoms with Gasteiger partial charge in [-0.1, -0.05) is 29.8 Å². The van der Waals surface area contributed by atoms with E-state index in [-0.39, 0.29) is 12.3 Å². The number of hydrogen-bond donors (Lipinski definition) is 1. The largest absolute Gasteiger partial charge is 0.480 e. The van der Waals surface area contributed by atoms with E-state index in [1.165, 1.54) is 16.2 Å². The molecule has 0 spiro atoms. The molecule has 1 atom stereocenters. The number of carbonyl (C=O) groups is 2. The molecule has 1 aliphatic rings. The molecule has 3 rings (SSSR count). The van der Waals surface area contributed by atoms with Crippen LogP contribution in [0.25, 0.3) is 10.6 Å². The van der Waals surface area contributed by atoms with Gasteiger partial charge in [0.1, 0.15) is 10.5 Å². The molecule has 1 N–H and O–H groups in total. The van der Waals surface area contributed by atoms with Crippen LogP contribution in [0.4, 0.5) is 0 Å². The number of benzene rings is 1. The van der Waals surface area contributed by atoms with E-state index < -0.39 is 11.5 Å². The Morgan fingerprint density at radius 2 is 2.17 bits per heavy atom. The Hall–Kier alpha value is -1.92. The van der Waals surface area contributed by atoms with E-state index in [1.54, 1.807) is 13.0 Å². The number of carbonyl (C=O) groups excluding carboxylic acids is 1. The van der Waals surface area contributed by atoms with Crippen molar-refractivity contribution >= 4 is 34.8 Å². The van der Waals surface area contributed by atoms with E-state index in [1.807, 2.05) is 23.6 Å². The summed E-state index contributed by atoms with van der Waals surface area (Å²) in [5, 5.41) is 12.6. The summed E-state index contributed by atoms with van der Waals surface area (Å²) < 4.78 is 0. The highest BCUT2D eigenvalue weighted by atomic mass is 35.5. The topological polar surface area (TPSA) is 70.5 Å². The van der Waals surface area contributed by atoms with Crippen LogP contribution in [0.15, 0.2) is 29.6 Å². The van der Waals surface area contributed by atoms with Crippen LogP contribution in [0.5, 0.6) is 0 Å². The summed E-state index contributed by atoms with van der Waals surface area (Å²) in [5.41, 5.74) is 0.359. The summed E-state index contributed by atoms with van der Waals surface area (Å²) in [5.74, 6) is -1.16. The predicted molar refractivity (Wildman–Crippen MR) is 93.3 cm³/mol. The molecule has 0 aliphatic carbocycles. The van der Waals surface area contributed by atoms with Crippen LogP contribution in [0.3, 0.4) is 0 Å². The van der Waals surface area contributed by atoms with Crippen LogP contribution in [-0.4, -0.2) is 39.0 Å². The summed E-state index contributed by atoms with van der Waals surface area (Å²) in [6, 6.07) is 7.42. The van der Waals surface area contributed by atoms with E-state index in [0.717, 1.165) is 10.6 Å². The monoisotopic (exact) mass is 364 g/mol. The van der Waals surface area contributed by atoms with Crippen LogP contribution in [0.2, 0.25) is 5.02 Å². The molecular formula is C17H17ClN2O3S. The fourth-order valence-corrected chi connectivity index (χ4v) is 4.12. The lowest BCUT2D eigenvalue weighted by atomic mass is 9.99. The first kappa shape index (κ1) is 16.9. The number of thiazole rings is 1. The van der Waals surface area contributed by atoms with E-state index >= 15 is 0 Å². The number of halogens is 1. The van der Waals surface area contributed by atoms with Crippen LogP contribution in [0, 0.1) is 0 Å². The normalized spacial score (nSPS) is 20.3. The summed E-state index contributed by atoms with van der Waals surface area (Å²) in [7, 11) is 0. The summed E-state index contributed by atoms with van der Waals surface area (Å²) >= 11 is 7.60. The van der Waals surface area contributed by atoms with Crippen molar-refractivity contribution < 1.29 is 14.7 Å². The van der Waals surface area contributed by atoms with Gasteiger partial charge in [0.05, 0.1) is 17.1 Å². The number of amides is 1. The maximum Gasteiger partial charge on any atom is 0.329 e. The standard InChI is InChI=1S/C17H17ClN2O3S/c1-17(16(22)23)7-4-8-20(17)14(21)9-11-10-24-15(19-11)12-5-2-3-6-13(12)18/h2-3,5-6,10H,4,7-9H2,1H3,(H,22,23). The Morgan fingerprint density at radius 3 is 2.88 bits per heavy atom. The molecule has 1 amide bonds. The molecule has 0 saturated carbocycles. The first-order valence-electron chi connectivity index (χ1n) is 7.65. The molecule has 0 radical (unpaired) electrons. The van der Waals surface area contributed by atoms with Crippen molar-refractivity contribution in [2.75, 3.05) is 6.54 Å². The van der Waals surface area contributed by atoms with Gasteiger partial charge >= 0.3 is 5.97 Å². The molecule has 1 unspecified atom stereocenters. The molecule has 2 heterocycles. The molecule has 1 fully saturated rings. The van der Waals surface area contributed by atoms with Gasteiger partial charge in [-0.05, 0) is 25.8 Å². The quantitative estimate of drug-likeness (QED) is 0.901. The molecule has 1 aromatic carbocycles. The second-order valence-electron chi connectivity index (χ2n) is 6.03. The fraction of sp³-hybridized carbons (Fsp3) is 0.353. The highest BCUT2D eigenvalue weighted by molar-refractivity contribution is 7.13. The summed E-state index contributed by atoms with van der Waals surface area (Å²) in [6.45, 7) is 2.08. The van der Waals surface area contributed by atoms with E-state index in [9.17, 15) is 14.7 Å². The molecule has 5 nitrogen and oxygen atoms in total. The number of carboxylic acids is 1. The number of rotatable bonds is 4. The van der Waals surface area contributed by atoms with Gasteiger partial charge < -0.3 is 10.0 Å². The van der Waals surface area contributed by atoms with Gasteiger partial charge in [0.15, 0.2) is 0 Å². The Bertz CT molecular complexity index is 792. The number of hydrogen-bond acceptors (Lipinski definition) is 4. The van der Waals surface area contributed by atoms with Gasteiger partial charge in [-0.2, -0.15) is 0 Å². The zero-order valence-corrected chi connectivity index (χ0v) is 14.7. The molecule has 24 heavy (non-hydrogen) atoms. The average Bonchev–Trinajstić information content (AvgIpc) is 3.15. The lowest BCUT2D eigenvalue weighted by molar-refractivity contribution is -0.155. The number of nitrogens with zero attached hydrogens (tertiary/aromatic N) is 2. The van der Waals surface area contributed by atoms with Gasteiger partial charge in [-0.25, -0.2) is 9.78 Å². The Morgan fingerprint density at radius 1 is 1.42 bits per heavy atom.